The van der Waals surface area contributed by atoms with Gasteiger partial charge in [-0.1, -0.05) is 23.9 Å². The minimum atomic E-state index is 0.105. The normalized spacial score (nSPS) is 14.4. The molecule has 0 radical (unpaired) electrons. The fourth-order valence-corrected chi connectivity index (χ4v) is 3.07. The van der Waals surface area contributed by atoms with E-state index in [9.17, 15) is 4.79 Å². The molecule has 0 N–H and O–H groups in total. The lowest BCUT2D eigenvalue weighted by Crippen LogP contribution is -2.05. The highest BCUT2D eigenvalue weighted by molar-refractivity contribution is 7.99. The number of aromatic nitrogens is 4. The van der Waals surface area contributed by atoms with Gasteiger partial charge in [0.05, 0.1) is 11.8 Å². The van der Waals surface area contributed by atoms with Crippen LogP contribution in [0.5, 0.6) is 0 Å². The summed E-state index contributed by atoms with van der Waals surface area (Å²) in [4.78, 5) is 13.3. The van der Waals surface area contributed by atoms with Crippen LogP contribution in [0.15, 0.2) is 34.3 Å². The zero-order valence-electron chi connectivity index (χ0n) is 11.0. The summed E-state index contributed by atoms with van der Waals surface area (Å²) in [6.07, 6.45) is 4.27. The van der Waals surface area contributed by atoms with Crippen LogP contribution in [0.3, 0.4) is 0 Å². The minimum Gasteiger partial charge on any atom is -0.293 e. The molecule has 0 spiro atoms. The van der Waals surface area contributed by atoms with Gasteiger partial charge in [-0.2, -0.15) is 0 Å². The first kappa shape index (κ1) is 13.6. The molecule has 1 aromatic carbocycles. The van der Waals surface area contributed by atoms with Crippen LogP contribution < -0.4 is 0 Å². The van der Waals surface area contributed by atoms with Gasteiger partial charge in [0.15, 0.2) is 5.78 Å². The summed E-state index contributed by atoms with van der Waals surface area (Å²) >= 11 is 3.07. The second kappa shape index (κ2) is 5.97. The number of hydrogen-bond acceptors (Lipinski definition) is 6. The molecule has 5 nitrogen and oxygen atoms in total. The van der Waals surface area contributed by atoms with Crippen LogP contribution in [0.1, 0.15) is 29.2 Å². The number of carbonyl (C=O) groups excluding carboxylic acids is 1. The van der Waals surface area contributed by atoms with E-state index < -0.39 is 0 Å². The van der Waals surface area contributed by atoms with Crippen molar-refractivity contribution in [1.29, 1.82) is 0 Å². The van der Waals surface area contributed by atoms with Gasteiger partial charge in [-0.05, 0) is 41.7 Å². The Bertz CT molecular complexity index is 607. The number of carbonyl (C=O) groups is 1. The van der Waals surface area contributed by atoms with Gasteiger partial charge in [0, 0.05) is 10.5 Å². The smallest absolute Gasteiger partial charge is 0.210 e. The third-order valence-corrected chi connectivity index (χ3v) is 4.78. The number of rotatable bonds is 6. The van der Waals surface area contributed by atoms with Crippen molar-refractivity contribution in [1.82, 2.24) is 20.2 Å². The van der Waals surface area contributed by atoms with Crippen LogP contribution in [0, 0.1) is 0 Å². The van der Waals surface area contributed by atoms with E-state index in [0.29, 0.717) is 11.8 Å². The molecule has 0 aliphatic heterocycles. The van der Waals surface area contributed by atoms with Crippen molar-refractivity contribution in [2.75, 3.05) is 12.0 Å². The number of thioether (sulfide) groups is 2. The van der Waals surface area contributed by atoms with Gasteiger partial charge < -0.3 is 0 Å². The lowest BCUT2D eigenvalue weighted by Gasteiger charge is -2.03. The first-order valence-electron chi connectivity index (χ1n) is 6.36. The zero-order chi connectivity index (χ0) is 13.9. The number of nitrogens with zero attached hydrogens (tertiary/aromatic N) is 4. The average Bonchev–Trinajstić information content (AvgIpc) is 3.23. The minimum absolute atomic E-state index is 0.105. The molecule has 1 fully saturated rings. The maximum absolute atomic E-state index is 12.1. The summed E-state index contributed by atoms with van der Waals surface area (Å²) in [5, 5.41) is 12.4. The molecule has 7 heteroatoms. The van der Waals surface area contributed by atoms with E-state index in [1.807, 2.05) is 35.2 Å². The summed E-state index contributed by atoms with van der Waals surface area (Å²) in [5.74, 6) is 0.471. The van der Waals surface area contributed by atoms with E-state index in [1.165, 1.54) is 11.8 Å². The van der Waals surface area contributed by atoms with Crippen LogP contribution in [0.2, 0.25) is 0 Å². The molecule has 0 bridgehead atoms. The van der Waals surface area contributed by atoms with Crippen molar-refractivity contribution in [2.45, 2.75) is 28.9 Å². The molecule has 2 aromatic rings. The topological polar surface area (TPSA) is 60.7 Å². The van der Waals surface area contributed by atoms with E-state index in [2.05, 4.69) is 15.5 Å². The van der Waals surface area contributed by atoms with Crippen molar-refractivity contribution in [3.63, 3.8) is 0 Å². The maximum Gasteiger partial charge on any atom is 0.210 e. The lowest BCUT2D eigenvalue weighted by atomic mass is 10.1. The highest BCUT2D eigenvalue weighted by Crippen LogP contribution is 2.36. The highest BCUT2D eigenvalue weighted by Gasteiger charge is 2.28. The van der Waals surface area contributed by atoms with E-state index in [0.717, 1.165) is 28.5 Å². The van der Waals surface area contributed by atoms with E-state index in [4.69, 9.17) is 0 Å². The SMILES string of the molecule is CSc1ccc(C(=O)CSc2nnnn2C2CC2)cc1. The van der Waals surface area contributed by atoms with E-state index >= 15 is 0 Å². The molecular formula is C13H14N4OS2. The van der Waals surface area contributed by atoms with Crippen LogP contribution in [-0.2, 0) is 0 Å². The first-order valence-corrected chi connectivity index (χ1v) is 8.57. The summed E-state index contributed by atoms with van der Waals surface area (Å²) in [7, 11) is 0. The van der Waals surface area contributed by atoms with Gasteiger partial charge in [0.25, 0.3) is 0 Å². The Kier molecular flexibility index (Phi) is 4.07. The van der Waals surface area contributed by atoms with E-state index in [1.54, 1.807) is 11.8 Å². The third kappa shape index (κ3) is 3.04. The predicted molar refractivity (Wildman–Crippen MR) is 79.4 cm³/mol. The third-order valence-electron chi connectivity index (χ3n) is 3.10. The summed E-state index contributed by atoms with van der Waals surface area (Å²) in [6, 6.07) is 8.12. The number of benzene rings is 1. The monoisotopic (exact) mass is 306 g/mol. The van der Waals surface area contributed by atoms with Gasteiger partial charge >= 0.3 is 0 Å². The Morgan fingerprint density at radius 2 is 2.10 bits per heavy atom. The number of tetrazole rings is 1. The Hall–Kier alpha value is -1.34. The second-order valence-corrected chi connectivity index (χ2v) is 6.40. The van der Waals surface area contributed by atoms with Crippen LogP contribution in [0.25, 0.3) is 0 Å². The number of hydrogen-bond donors (Lipinski definition) is 0. The van der Waals surface area contributed by atoms with Gasteiger partial charge in [-0.25, -0.2) is 4.68 Å². The molecular weight excluding hydrogens is 292 g/mol. The Morgan fingerprint density at radius 3 is 2.75 bits per heavy atom. The number of Topliss-reactive ketones (excluding diaryl/α,β-unsaturated/α-hetero) is 1. The van der Waals surface area contributed by atoms with Gasteiger partial charge in [0.1, 0.15) is 0 Å². The molecule has 20 heavy (non-hydrogen) atoms. The zero-order valence-corrected chi connectivity index (χ0v) is 12.7. The Balaban J connectivity index is 1.62. The second-order valence-electron chi connectivity index (χ2n) is 4.58. The average molecular weight is 306 g/mol. The molecule has 0 unspecified atom stereocenters. The lowest BCUT2D eigenvalue weighted by molar-refractivity contribution is 0.102. The van der Waals surface area contributed by atoms with Crippen molar-refractivity contribution in [3.8, 4) is 0 Å². The molecule has 0 saturated heterocycles. The first-order chi connectivity index (χ1) is 9.78. The molecule has 0 atom stereocenters. The molecule has 1 aliphatic carbocycles. The van der Waals surface area contributed by atoms with Crippen molar-refractivity contribution in [2.24, 2.45) is 0 Å². The van der Waals surface area contributed by atoms with Gasteiger partial charge in [-0.15, -0.1) is 16.9 Å². The van der Waals surface area contributed by atoms with E-state index in [-0.39, 0.29) is 5.78 Å². The Morgan fingerprint density at radius 1 is 1.35 bits per heavy atom. The van der Waals surface area contributed by atoms with Crippen molar-refractivity contribution < 1.29 is 4.79 Å². The quantitative estimate of drug-likeness (QED) is 0.604. The largest absolute Gasteiger partial charge is 0.293 e. The van der Waals surface area contributed by atoms with Crippen LogP contribution in [0.4, 0.5) is 0 Å². The Labute approximate surface area is 125 Å². The van der Waals surface area contributed by atoms with Crippen LogP contribution in [-0.4, -0.2) is 38.0 Å². The van der Waals surface area contributed by atoms with Gasteiger partial charge in [0.2, 0.25) is 5.16 Å². The fraction of sp³-hybridized carbons (Fsp3) is 0.385. The molecule has 1 saturated carbocycles. The molecule has 3 rings (SSSR count). The summed E-state index contributed by atoms with van der Waals surface area (Å²) in [5.41, 5.74) is 0.737. The maximum atomic E-state index is 12.1. The molecule has 1 heterocycles. The predicted octanol–water partition coefficient (Wildman–Crippen LogP) is 2.70. The fourth-order valence-electron chi connectivity index (χ4n) is 1.82. The van der Waals surface area contributed by atoms with Gasteiger partial charge in [-0.3, -0.25) is 4.79 Å². The molecule has 0 amide bonds. The summed E-state index contributed by atoms with van der Waals surface area (Å²) in [6.45, 7) is 0. The molecule has 1 aromatic heterocycles. The summed E-state index contributed by atoms with van der Waals surface area (Å²) < 4.78 is 1.83. The van der Waals surface area contributed by atoms with Crippen molar-refractivity contribution in [3.05, 3.63) is 29.8 Å². The standard InChI is InChI=1S/C13H14N4OS2/c1-19-11-6-2-9(3-7-11)12(18)8-20-13-14-15-16-17(13)10-4-5-10/h2-3,6-7,10H,4-5,8H2,1H3. The highest BCUT2D eigenvalue weighted by atomic mass is 32.2. The van der Waals surface area contributed by atoms with Crippen molar-refractivity contribution >= 4 is 29.3 Å². The number of ketones is 1. The van der Waals surface area contributed by atoms with Crippen LogP contribution >= 0.6 is 23.5 Å². The molecule has 104 valence electrons. The molecule has 1 aliphatic rings.